The second-order valence-electron chi connectivity index (χ2n) is 7.31. The minimum atomic E-state index is -0.130. The van der Waals surface area contributed by atoms with Gasteiger partial charge in [-0.15, -0.1) is 0 Å². The van der Waals surface area contributed by atoms with E-state index in [-0.39, 0.29) is 17.9 Å². The third kappa shape index (κ3) is 3.36. The molecule has 4 nitrogen and oxygen atoms in total. The highest BCUT2D eigenvalue weighted by Crippen LogP contribution is 2.41. The molecule has 26 heavy (non-hydrogen) atoms. The Kier molecular flexibility index (Phi) is 4.49. The molecular weight excluding hydrogens is 324 g/mol. The molecule has 4 heteroatoms. The van der Waals surface area contributed by atoms with Crippen LogP contribution in [0.5, 0.6) is 0 Å². The maximum Gasteiger partial charge on any atom is 0.254 e. The van der Waals surface area contributed by atoms with E-state index < -0.39 is 0 Å². The summed E-state index contributed by atoms with van der Waals surface area (Å²) < 4.78 is 0. The lowest BCUT2D eigenvalue weighted by Crippen LogP contribution is -2.38. The summed E-state index contributed by atoms with van der Waals surface area (Å²) in [7, 11) is 0. The predicted molar refractivity (Wildman–Crippen MR) is 102 cm³/mol. The van der Waals surface area contributed by atoms with Crippen LogP contribution in [0.1, 0.15) is 60.1 Å². The summed E-state index contributed by atoms with van der Waals surface area (Å²) >= 11 is 0. The normalized spacial score (nSPS) is 18.7. The molecule has 1 saturated carbocycles. The van der Waals surface area contributed by atoms with Crippen molar-refractivity contribution in [3.8, 4) is 0 Å². The maximum absolute atomic E-state index is 13.4. The summed E-state index contributed by atoms with van der Waals surface area (Å²) in [5, 5.41) is 2.77. The number of carbonyl (C=O) groups is 2. The van der Waals surface area contributed by atoms with Crippen LogP contribution < -0.4 is 5.32 Å². The number of benzene rings is 2. The molecule has 1 fully saturated rings. The van der Waals surface area contributed by atoms with Gasteiger partial charge in [-0.2, -0.15) is 0 Å². The average Bonchev–Trinajstić information content (AvgIpc) is 3.47. The molecule has 1 N–H and O–H groups in total. The van der Waals surface area contributed by atoms with Gasteiger partial charge < -0.3 is 10.2 Å². The van der Waals surface area contributed by atoms with E-state index in [9.17, 15) is 9.59 Å². The van der Waals surface area contributed by atoms with Gasteiger partial charge in [-0.05, 0) is 61.4 Å². The summed E-state index contributed by atoms with van der Waals surface area (Å²) in [6.45, 7) is 1.48. The van der Waals surface area contributed by atoms with Crippen molar-refractivity contribution in [3.63, 3.8) is 0 Å². The molecule has 0 heterocycles. The highest BCUT2D eigenvalue weighted by molar-refractivity contribution is 5.97. The van der Waals surface area contributed by atoms with E-state index in [0.717, 1.165) is 32.1 Å². The van der Waals surface area contributed by atoms with Crippen molar-refractivity contribution in [2.45, 2.75) is 51.1 Å². The van der Waals surface area contributed by atoms with Crippen molar-refractivity contribution < 1.29 is 9.59 Å². The number of anilines is 1. The molecule has 4 rings (SSSR count). The standard InChI is InChI=1S/C22H24N2O2/c1-15(25)23-18-9-4-8-17(14-18)22(26)24(19-12-13-19)21-11-5-7-16-6-2-3-10-20(16)21/h2-4,6,8-10,14,19,21H,5,7,11-13H2,1H3,(H,23,25). The van der Waals surface area contributed by atoms with Crippen molar-refractivity contribution in [3.05, 3.63) is 65.2 Å². The monoisotopic (exact) mass is 348 g/mol. The van der Waals surface area contributed by atoms with Gasteiger partial charge in [0.1, 0.15) is 0 Å². The number of amides is 2. The molecule has 0 spiro atoms. The molecule has 0 radical (unpaired) electrons. The second-order valence-corrected chi connectivity index (χ2v) is 7.31. The molecule has 1 unspecified atom stereocenters. The first kappa shape index (κ1) is 16.8. The minimum absolute atomic E-state index is 0.0707. The molecule has 2 aliphatic rings. The van der Waals surface area contributed by atoms with Crippen LogP contribution in [-0.2, 0) is 11.2 Å². The van der Waals surface area contributed by atoms with Crippen LogP contribution in [-0.4, -0.2) is 22.8 Å². The van der Waals surface area contributed by atoms with Gasteiger partial charge in [-0.1, -0.05) is 30.3 Å². The van der Waals surface area contributed by atoms with Crippen LogP contribution in [0.2, 0.25) is 0 Å². The van der Waals surface area contributed by atoms with Crippen LogP contribution in [0.15, 0.2) is 48.5 Å². The van der Waals surface area contributed by atoms with Gasteiger partial charge in [0.2, 0.25) is 5.91 Å². The van der Waals surface area contributed by atoms with E-state index in [2.05, 4.69) is 34.5 Å². The zero-order chi connectivity index (χ0) is 18.1. The van der Waals surface area contributed by atoms with Crippen molar-refractivity contribution in [2.24, 2.45) is 0 Å². The lowest BCUT2D eigenvalue weighted by Gasteiger charge is -2.36. The fourth-order valence-corrected chi connectivity index (χ4v) is 4.01. The molecule has 0 saturated heterocycles. The van der Waals surface area contributed by atoms with Gasteiger partial charge >= 0.3 is 0 Å². The van der Waals surface area contributed by atoms with Crippen LogP contribution in [0.25, 0.3) is 0 Å². The van der Waals surface area contributed by atoms with E-state index in [4.69, 9.17) is 0 Å². The van der Waals surface area contributed by atoms with E-state index in [1.165, 1.54) is 18.1 Å². The number of rotatable bonds is 4. The van der Waals surface area contributed by atoms with Gasteiger partial charge in [0.05, 0.1) is 6.04 Å². The zero-order valence-corrected chi connectivity index (χ0v) is 15.1. The van der Waals surface area contributed by atoms with Gasteiger partial charge in [-0.25, -0.2) is 0 Å². The van der Waals surface area contributed by atoms with Gasteiger partial charge in [0, 0.05) is 24.2 Å². The quantitative estimate of drug-likeness (QED) is 0.894. The largest absolute Gasteiger partial charge is 0.329 e. The molecule has 0 aliphatic heterocycles. The SMILES string of the molecule is CC(=O)Nc1cccc(C(=O)N(C2CC2)C2CCCc3ccccc32)c1. The highest BCUT2D eigenvalue weighted by Gasteiger charge is 2.39. The first-order valence-electron chi connectivity index (χ1n) is 9.41. The van der Waals surface area contributed by atoms with Gasteiger partial charge in [0.15, 0.2) is 0 Å². The summed E-state index contributed by atoms with van der Waals surface area (Å²) in [5.74, 6) is -0.0590. The molecule has 2 aliphatic carbocycles. The number of hydrogen-bond acceptors (Lipinski definition) is 2. The molecule has 134 valence electrons. The Balaban J connectivity index is 1.66. The molecule has 0 bridgehead atoms. The van der Waals surface area contributed by atoms with Crippen LogP contribution in [0, 0.1) is 0 Å². The second kappa shape index (κ2) is 6.94. The molecule has 2 amide bonds. The van der Waals surface area contributed by atoms with E-state index in [1.54, 1.807) is 6.07 Å². The summed E-state index contributed by atoms with van der Waals surface area (Å²) in [6, 6.07) is 16.3. The highest BCUT2D eigenvalue weighted by atomic mass is 16.2. The Labute approximate surface area is 154 Å². The predicted octanol–water partition coefficient (Wildman–Crippen LogP) is 4.33. The van der Waals surface area contributed by atoms with Crippen LogP contribution >= 0.6 is 0 Å². The van der Waals surface area contributed by atoms with Crippen molar-refractivity contribution in [1.29, 1.82) is 0 Å². The topological polar surface area (TPSA) is 49.4 Å². The Morgan fingerprint density at radius 1 is 1.04 bits per heavy atom. The Morgan fingerprint density at radius 2 is 1.85 bits per heavy atom. The van der Waals surface area contributed by atoms with E-state index >= 15 is 0 Å². The maximum atomic E-state index is 13.4. The van der Waals surface area contributed by atoms with Crippen molar-refractivity contribution in [2.75, 3.05) is 5.32 Å². The lowest BCUT2D eigenvalue weighted by atomic mass is 9.86. The number of nitrogens with zero attached hydrogens (tertiary/aromatic N) is 1. The Bertz CT molecular complexity index is 842. The number of aryl methyl sites for hydroxylation is 1. The van der Waals surface area contributed by atoms with Crippen molar-refractivity contribution >= 4 is 17.5 Å². The van der Waals surface area contributed by atoms with E-state index in [0.29, 0.717) is 17.3 Å². The van der Waals surface area contributed by atoms with Crippen molar-refractivity contribution in [1.82, 2.24) is 4.90 Å². The summed E-state index contributed by atoms with van der Waals surface area (Å²) in [6.07, 6.45) is 5.39. The van der Waals surface area contributed by atoms with E-state index in [1.807, 2.05) is 18.2 Å². The molecule has 2 aromatic rings. The van der Waals surface area contributed by atoms with Crippen LogP contribution in [0.4, 0.5) is 5.69 Å². The Hall–Kier alpha value is -2.62. The fourth-order valence-electron chi connectivity index (χ4n) is 4.01. The summed E-state index contributed by atoms with van der Waals surface area (Å²) in [4.78, 5) is 26.8. The zero-order valence-electron chi connectivity index (χ0n) is 15.1. The third-order valence-corrected chi connectivity index (χ3v) is 5.28. The third-order valence-electron chi connectivity index (χ3n) is 5.28. The number of hydrogen-bond donors (Lipinski definition) is 1. The van der Waals surface area contributed by atoms with Gasteiger partial charge in [-0.3, -0.25) is 9.59 Å². The first-order chi connectivity index (χ1) is 12.6. The first-order valence-corrected chi connectivity index (χ1v) is 9.41. The lowest BCUT2D eigenvalue weighted by molar-refractivity contribution is -0.114. The number of nitrogens with one attached hydrogen (secondary N) is 1. The number of carbonyl (C=O) groups excluding carboxylic acids is 2. The van der Waals surface area contributed by atoms with Crippen LogP contribution in [0.3, 0.4) is 0 Å². The fraction of sp³-hybridized carbons (Fsp3) is 0.364. The average molecular weight is 348 g/mol. The minimum Gasteiger partial charge on any atom is -0.329 e. The Morgan fingerprint density at radius 3 is 2.62 bits per heavy atom. The molecular formula is C22H24N2O2. The summed E-state index contributed by atoms with van der Waals surface area (Å²) in [5.41, 5.74) is 3.99. The number of fused-ring (bicyclic) bond motifs is 1. The van der Waals surface area contributed by atoms with Gasteiger partial charge in [0.25, 0.3) is 5.91 Å². The molecule has 2 aromatic carbocycles. The smallest absolute Gasteiger partial charge is 0.254 e. The molecule has 1 atom stereocenters. The molecule has 0 aromatic heterocycles.